The molecule has 1 aromatic rings. The molecule has 1 saturated carbocycles. The van der Waals surface area contributed by atoms with Gasteiger partial charge in [0, 0.05) is 25.0 Å². The van der Waals surface area contributed by atoms with Crippen molar-refractivity contribution in [3.8, 4) is 11.5 Å². The second-order valence-electron chi connectivity index (χ2n) is 6.94. The van der Waals surface area contributed by atoms with Crippen LogP contribution in [0.4, 0.5) is 0 Å². The van der Waals surface area contributed by atoms with Crippen LogP contribution in [0.3, 0.4) is 0 Å². The first-order valence-electron chi connectivity index (χ1n) is 8.78. The Bertz CT molecular complexity index is 624. The molecule has 0 saturated heterocycles. The van der Waals surface area contributed by atoms with Gasteiger partial charge in [0.2, 0.25) is 5.91 Å². The quantitative estimate of drug-likeness (QED) is 0.717. The Balaban J connectivity index is 0.00000338. The summed E-state index contributed by atoms with van der Waals surface area (Å²) in [7, 11) is 1.60. The van der Waals surface area contributed by atoms with E-state index < -0.39 is 11.0 Å². The Morgan fingerprint density at radius 3 is 2.50 bits per heavy atom. The van der Waals surface area contributed by atoms with Crippen molar-refractivity contribution in [2.45, 2.75) is 52.3 Å². The Kier molecular flexibility index (Phi) is 7.74. The molecular formula is C19H31ClN2O4. The molecule has 2 rings (SSSR count). The third-order valence-corrected chi connectivity index (χ3v) is 5.22. The highest BCUT2D eigenvalue weighted by Gasteiger charge is 2.62. The normalized spacial score (nSPS) is 23.4. The lowest BCUT2D eigenvalue weighted by atomic mass is 9.54. The second kappa shape index (κ2) is 8.93. The van der Waals surface area contributed by atoms with Crippen LogP contribution in [0.5, 0.6) is 11.5 Å². The van der Waals surface area contributed by atoms with Gasteiger partial charge >= 0.3 is 0 Å². The summed E-state index contributed by atoms with van der Waals surface area (Å²) in [5, 5.41) is 2.95. The van der Waals surface area contributed by atoms with Crippen LogP contribution >= 0.6 is 12.4 Å². The monoisotopic (exact) mass is 386 g/mol. The number of carbonyl (C=O) groups excluding carboxylic acids is 1. The van der Waals surface area contributed by atoms with E-state index in [0.717, 1.165) is 5.56 Å². The molecule has 7 heteroatoms. The topological polar surface area (TPSA) is 82.8 Å². The minimum Gasteiger partial charge on any atom is -0.493 e. The summed E-state index contributed by atoms with van der Waals surface area (Å²) in [5.74, 6) is 1.19. The van der Waals surface area contributed by atoms with E-state index in [1.54, 1.807) is 7.11 Å². The van der Waals surface area contributed by atoms with Gasteiger partial charge in [0.05, 0.1) is 19.8 Å². The van der Waals surface area contributed by atoms with Crippen LogP contribution in [0.15, 0.2) is 18.2 Å². The number of rotatable bonds is 8. The number of halogens is 1. The Morgan fingerprint density at radius 1 is 1.27 bits per heavy atom. The zero-order valence-electron chi connectivity index (χ0n) is 16.3. The van der Waals surface area contributed by atoms with E-state index in [4.69, 9.17) is 19.9 Å². The van der Waals surface area contributed by atoms with E-state index in [1.807, 2.05) is 45.9 Å². The molecular weight excluding hydrogens is 356 g/mol. The van der Waals surface area contributed by atoms with Gasteiger partial charge in [-0.25, -0.2) is 0 Å². The Morgan fingerprint density at radius 2 is 1.96 bits per heavy atom. The molecule has 2 unspecified atom stereocenters. The van der Waals surface area contributed by atoms with Crippen molar-refractivity contribution in [2.75, 3.05) is 20.3 Å². The summed E-state index contributed by atoms with van der Waals surface area (Å²) >= 11 is 0. The summed E-state index contributed by atoms with van der Waals surface area (Å²) < 4.78 is 16.5. The summed E-state index contributed by atoms with van der Waals surface area (Å²) in [6, 6.07) is 5.62. The van der Waals surface area contributed by atoms with E-state index in [2.05, 4.69) is 5.32 Å². The molecule has 6 nitrogen and oxygen atoms in total. The summed E-state index contributed by atoms with van der Waals surface area (Å²) in [5.41, 5.74) is 6.00. The zero-order chi connectivity index (χ0) is 18.7. The predicted molar refractivity (Wildman–Crippen MR) is 104 cm³/mol. The van der Waals surface area contributed by atoms with Gasteiger partial charge in [-0.15, -0.1) is 12.4 Å². The van der Waals surface area contributed by atoms with Crippen LogP contribution in [0.1, 0.15) is 39.7 Å². The molecule has 1 aliphatic rings. The number of amides is 1. The maximum Gasteiger partial charge on any atom is 0.241 e. The standard InChI is InChI=1S/C19H30N2O4.ClH/c1-6-24-14-9-8-13(10-15(14)23-5)12-21-17(22)19(20)11-16(25-7-2)18(19,3)4;/h8-10,16H,6-7,11-12,20H2,1-5H3,(H,21,22);1H. The number of carbonyl (C=O) groups is 1. The minimum atomic E-state index is -0.914. The van der Waals surface area contributed by atoms with Crippen molar-refractivity contribution < 1.29 is 19.0 Å². The van der Waals surface area contributed by atoms with Crippen molar-refractivity contribution in [3.05, 3.63) is 23.8 Å². The molecule has 0 spiro atoms. The molecule has 26 heavy (non-hydrogen) atoms. The molecule has 1 amide bonds. The second-order valence-corrected chi connectivity index (χ2v) is 6.94. The number of nitrogens with two attached hydrogens (primary N) is 1. The fraction of sp³-hybridized carbons (Fsp3) is 0.632. The number of hydrogen-bond acceptors (Lipinski definition) is 5. The first-order valence-corrected chi connectivity index (χ1v) is 8.78. The van der Waals surface area contributed by atoms with Gasteiger partial charge in [-0.3, -0.25) is 4.79 Å². The number of hydrogen-bond donors (Lipinski definition) is 2. The van der Waals surface area contributed by atoms with Gasteiger partial charge < -0.3 is 25.3 Å². The van der Waals surface area contributed by atoms with E-state index in [0.29, 0.717) is 37.7 Å². The number of benzene rings is 1. The highest BCUT2D eigenvalue weighted by atomic mass is 35.5. The first kappa shape index (κ1) is 22.5. The molecule has 0 bridgehead atoms. The zero-order valence-corrected chi connectivity index (χ0v) is 17.1. The summed E-state index contributed by atoms with van der Waals surface area (Å²) in [6.07, 6.45) is 0.547. The van der Waals surface area contributed by atoms with E-state index >= 15 is 0 Å². The largest absolute Gasteiger partial charge is 0.493 e. The Hall–Kier alpha value is -1.50. The summed E-state index contributed by atoms with van der Waals surface area (Å²) in [6.45, 7) is 9.41. The van der Waals surface area contributed by atoms with E-state index in [1.165, 1.54) is 0 Å². The van der Waals surface area contributed by atoms with Crippen LogP contribution in [-0.4, -0.2) is 37.9 Å². The van der Waals surface area contributed by atoms with Gasteiger partial charge in [-0.2, -0.15) is 0 Å². The molecule has 2 atom stereocenters. The number of ether oxygens (including phenoxy) is 3. The first-order chi connectivity index (χ1) is 11.8. The lowest BCUT2D eigenvalue weighted by molar-refractivity contribution is -0.170. The molecule has 0 radical (unpaired) electrons. The smallest absolute Gasteiger partial charge is 0.241 e. The average Bonchev–Trinajstić information content (AvgIpc) is 2.60. The van der Waals surface area contributed by atoms with Gasteiger partial charge in [0.1, 0.15) is 5.54 Å². The van der Waals surface area contributed by atoms with Crippen molar-refractivity contribution in [1.82, 2.24) is 5.32 Å². The highest BCUT2D eigenvalue weighted by Crippen LogP contribution is 2.49. The molecule has 3 N–H and O–H groups in total. The van der Waals surface area contributed by atoms with Gasteiger partial charge in [-0.1, -0.05) is 19.9 Å². The van der Waals surface area contributed by atoms with Gasteiger partial charge in [0.25, 0.3) is 0 Å². The predicted octanol–water partition coefficient (Wildman–Crippen LogP) is 2.66. The maximum atomic E-state index is 12.7. The van der Waals surface area contributed by atoms with Crippen LogP contribution in [0.2, 0.25) is 0 Å². The van der Waals surface area contributed by atoms with Gasteiger partial charge in [-0.05, 0) is 31.5 Å². The molecule has 0 aromatic heterocycles. The van der Waals surface area contributed by atoms with E-state index in [-0.39, 0.29) is 24.4 Å². The fourth-order valence-electron chi connectivity index (χ4n) is 3.26. The SMILES string of the molecule is CCOc1ccc(CNC(=O)C2(N)CC(OCC)C2(C)C)cc1OC.Cl. The minimum absolute atomic E-state index is 0. The van der Waals surface area contributed by atoms with Crippen LogP contribution in [0.25, 0.3) is 0 Å². The van der Waals surface area contributed by atoms with E-state index in [9.17, 15) is 4.79 Å². The van der Waals surface area contributed by atoms with Gasteiger partial charge in [0.15, 0.2) is 11.5 Å². The molecule has 148 valence electrons. The highest BCUT2D eigenvalue weighted by molar-refractivity contribution is 5.88. The lowest BCUT2D eigenvalue weighted by Gasteiger charge is -2.57. The third kappa shape index (κ3) is 4.08. The molecule has 0 aliphatic heterocycles. The summed E-state index contributed by atoms with van der Waals surface area (Å²) in [4.78, 5) is 12.7. The lowest BCUT2D eigenvalue weighted by Crippen LogP contribution is -2.75. The fourth-order valence-corrected chi connectivity index (χ4v) is 3.26. The number of nitrogens with one attached hydrogen (secondary N) is 1. The maximum absolute atomic E-state index is 12.7. The Labute approximate surface area is 162 Å². The molecule has 1 aliphatic carbocycles. The van der Waals surface area contributed by atoms with Crippen LogP contribution in [-0.2, 0) is 16.1 Å². The van der Waals surface area contributed by atoms with Crippen molar-refractivity contribution in [2.24, 2.45) is 11.1 Å². The van der Waals surface area contributed by atoms with Crippen molar-refractivity contribution in [1.29, 1.82) is 0 Å². The van der Waals surface area contributed by atoms with Crippen LogP contribution < -0.4 is 20.5 Å². The number of methoxy groups -OCH3 is 1. The average molecular weight is 387 g/mol. The third-order valence-electron chi connectivity index (χ3n) is 5.22. The van der Waals surface area contributed by atoms with Crippen LogP contribution in [0, 0.1) is 5.41 Å². The molecule has 1 fully saturated rings. The molecule has 0 heterocycles. The van der Waals surface area contributed by atoms with Crippen molar-refractivity contribution >= 4 is 18.3 Å². The van der Waals surface area contributed by atoms with Crippen molar-refractivity contribution in [3.63, 3.8) is 0 Å². The molecule has 1 aromatic carbocycles.